The van der Waals surface area contributed by atoms with Crippen LogP contribution in [-0.2, 0) is 9.59 Å². The van der Waals surface area contributed by atoms with Gasteiger partial charge in [-0.1, -0.05) is 20.8 Å². The molecule has 0 heterocycles. The predicted molar refractivity (Wildman–Crippen MR) is 58.5 cm³/mol. The lowest BCUT2D eigenvalue weighted by Gasteiger charge is -2.22. The van der Waals surface area contributed by atoms with Crippen LogP contribution in [0.3, 0.4) is 0 Å². The summed E-state index contributed by atoms with van der Waals surface area (Å²) in [4.78, 5) is 23.0. The molecule has 0 aromatic rings. The van der Waals surface area contributed by atoms with E-state index < -0.39 is 5.97 Å². The Morgan fingerprint density at radius 3 is 2.20 bits per heavy atom. The van der Waals surface area contributed by atoms with Crippen molar-refractivity contribution in [2.75, 3.05) is 13.6 Å². The second-order valence-electron chi connectivity index (χ2n) is 4.74. The summed E-state index contributed by atoms with van der Waals surface area (Å²) in [5, 5.41) is 8.35. The molecule has 0 unspecified atom stereocenters. The number of carboxylic acids is 1. The lowest BCUT2D eigenvalue weighted by Crippen LogP contribution is -2.28. The minimum absolute atomic E-state index is 0.172. The first-order chi connectivity index (χ1) is 6.72. The van der Waals surface area contributed by atoms with E-state index in [2.05, 4.69) is 20.8 Å². The highest BCUT2D eigenvalue weighted by atomic mass is 16.4. The maximum absolute atomic E-state index is 11.3. The number of rotatable bonds is 4. The van der Waals surface area contributed by atoms with Crippen LogP contribution in [0.5, 0.6) is 0 Å². The van der Waals surface area contributed by atoms with Gasteiger partial charge in [-0.2, -0.15) is 0 Å². The van der Waals surface area contributed by atoms with E-state index in [1.807, 2.05) is 0 Å². The van der Waals surface area contributed by atoms with E-state index in [1.165, 1.54) is 4.90 Å². The van der Waals surface area contributed by atoms with Crippen molar-refractivity contribution in [3.63, 3.8) is 0 Å². The largest absolute Gasteiger partial charge is 0.478 e. The third kappa shape index (κ3) is 7.73. The lowest BCUT2D eigenvalue weighted by atomic mass is 9.92. The van der Waals surface area contributed by atoms with Gasteiger partial charge in [-0.25, -0.2) is 4.79 Å². The molecule has 0 aliphatic rings. The Bertz CT molecular complexity index is 263. The first-order valence-corrected chi connectivity index (χ1v) is 4.88. The quantitative estimate of drug-likeness (QED) is 0.720. The number of hydrogen-bond donors (Lipinski definition) is 1. The molecule has 0 bridgehead atoms. The molecule has 0 saturated heterocycles. The van der Waals surface area contributed by atoms with Crippen LogP contribution >= 0.6 is 0 Å². The van der Waals surface area contributed by atoms with Gasteiger partial charge in [0.05, 0.1) is 0 Å². The van der Waals surface area contributed by atoms with Crippen LogP contribution in [0.25, 0.3) is 0 Å². The summed E-state index contributed by atoms with van der Waals surface area (Å²) < 4.78 is 0. The van der Waals surface area contributed by atoms with Gasteiger partial charge in [0.15, 0.2) is 0 Å². The molecule has 4 nitrogen and oxygen atoms in total. The summed E-state index contributed by atoms with van der Waals surface area (Å²) in [6, 6.07) is 0. The van der Waals surface area contributed by atoms with Gasteiger partial charge >= 0.3 is 5.97 Å². The summed E-state index contributed by atoms with van der Waals surface area (Å²) in [5.74, 6) is -1.38. The van der Waals surface area contributed by atoms with E-state index in [1.54, 1.807) is 7.05 Å². The number of nitrogens with zero attached hydrogens (tertiary/aromatic N) is 1. The van der Waals surface area contributed by atoms with Gasteiger partial charge < -0.3 is 10.0 Å². The molecule has 4 heteroatoms. The Balaban J connectivity index is 4.06. The number of amides is 1. The molecule has 0 aliphatic heterocycles. The van der Waals surface area contributed by atoms with Crippen molar-refractivity contribution in [3.05, 3.63) is 12.2 Å². The van der Waals surface area contributed by atoms with Crippen LogP contribution in [0.1, 0.15) is 27.2 Å². The van der Waals surface area contributed by atoms with Crippen LogP contribution in [0.15, 0.2) is 12.2 Å². The normalized spacial score (nSPS) is 11.7. The van der Waals surface area contributed by atoms with Crippen molar-refractivity contribution in [1.82, 2.24) is 4.90 Å². The second-order valence-corrected chi connectivity index (χ2v) is 4.74. The van der Waals surface area contributed by atoms with Gasteiger partial charge in [-0.05, 0) is 11.8 Å². The van der Waals surface area contributed by atoms with Crippen molar-refractivity contribution >= 4 is 11.9 Å². The smallest absolute Gasteiger partial charge is 0.328 e. The van der Waals surface area contributed by atoms with Gasteiger partial charge in [0.1, 0.15) is 0 Å². The van der Waals surface area contributed by atoms with Crippen LogP contribution in [-0.4, -0.2) is 35.5 Å². The van der Waals surface area contributed by atoms with E-state index in [4.69, 9.17) is 5.11 Å². The summed E-state index contributed by atoms with van der Waals surface area (Å²) in [5.41, 5.74) is 0.172. The highest BCUT2D eigenvalue weighted by molar-refractivity contribution is 5.93. The molecule has 86 valence electrons. The van der Waals surface area contributed by atoms with E-state index in [0.717, 1.165) is 18.6 Å². The summed E-state index contributed by atoms with van der Waals surface area (Å²) >= 11 is 0. The van der Waals surface area contributed by atoms with Crippen molar-refractivity contribution in [1.29, 1.82) is 0 Å². The topological polar surface area (TPSA) is 57.6 Å². The maximum atomic E-state index is 11.3. The minimum atomic E-state index is -1.10. The van der Waals surface area contributed by atoms with E-state index in [9.17, 15) is 9.59 Å². The molecule has 0 spiro atoms. The van der Waals surface area contributed by atoms with Gasteiger partial charge in [-0.15, -0.1) is 0 Å². The first-order valence-electron chi connectivity index (χ1n) is 4.88. The maximum Gasteiger partial charge on any atom is 0.328 e. The Morgan fingerprint density at radius 2 is 1.80 bits per heavy atom. The Morgan fingerprint density at radius 1 is 1.27 bits per heavy atom. The molecular formula is C11H19NO3. The lowest BCUT2D eigenvalue weighted by molar-refractivity contribution is -0.132. The van der Waals surface area contributed by atoms with Gasteiger partial charge in [0, 0.05) is 25.7 Å². The molecule has 15 heavy (non-hydrogen) atoms. The van der Waals surface area contributed by atoms with Gasteiger partial charge in [-0.3, -0.25) is 4.79 Å². The number of carbonyl (C=O) groups is 2. The van der Waals surface area contributed by atoms with Crippen LogP contribution in [0.2, 0.25) is 0 Å². The van der Waals surface area contributed by atoms with Crippen molar-refractivity contribution in [2.24, 2.45) is 5.41 Å². The standard InChI is InChI=1S/C11H19NO3/c1-11(2,3)7-8-12(4)9(13)5-6-10(14)15/h5-6H,7-8H2,1-4H3,(H,14,15)/b6-5+. The number of hydrogen-bond acceptors (Lipinski definition) is 2. The fraction of sp³-hybridized carbons (Fsp3) is 0.636. The number of carboxylic acid groups (broad SMARTS) is 1. The Hall–Kier alpha value is -1.32. The molecule has 0 radical (unpaired) electrons. The SMILES string of the molecule is CN(CCC(C)(C)C)C(=O)/C=C/C(=O)O. The summed E-state index contributed by atoms with van der Waals surface area (Å²) in [7, 11) is 1.67. The molecule has 0 rings (SSSR count). The fourth-order valence-corrected chi connectivity index (χ4v) is 0.883. The molecule has 0 aromatic carbocycles. The first kappa shape index (κ1) is 13.7. The van der Waals surface area contributed by atoms with Gasteiger partial charge in [0.25, 0.3) is 0 Å². The molecule has 0 fully saturated rings. The summed E-state index contributed by atoms with van der Waals surface area (Å²) in [6.45, 7) is 6.92. The minimum Gasteiger partial charge on any atom is -0.478 e. The van der Waals surface area contributed by atoms with Crippen molar-refractivity contribution in [3.8, 4) is 0 Å². The van der Waals surface area contributed by atoms with Crippen molar-refractivity contribution < 1.29 is 14.7 Å². The predicted octanol–water partition coefficient (Wildman–Crippen LogP) is 1.52. The van der Waals surface area contributed by atoms with Gasteiger partial charge in [0.2, 0.25) is 5.91 Å². The molecule has 0 atom stereocenters. The number of carbonyl (C=O) groups excluding carboxylic acids is 1. The second kappa shape index (κ2) is 5.53. The Kier molecular flexibility index (Phi) is 5.05. The van der Waals surface area contributed by atoms with Crippen molar-refractivity contribution in [2.45, 2.75) is 27.2 Å². The molecule has 0 aliphatic carbocycles. The fourth-order valence-electron chi connectivity index (χ4n) is 0.883. The monoisotopic (exact) mass is 213 g/mol. The highest BCUT2D eigenvalue weighted by Gasteiger charge is 2.13. The third-order valence-electron chi connectivity index (χ3n) is 1.94. The van der Waals surface area contributed by atoms with Crippen LogP contribution in [0.4, 0.5) is 0 Å². The zero-order chi connectivity index (χ0) is 12.1. The summed E-state index contributed by atoms with van der Waals surface area (Å²) in [6.07, 6.45) is 2.82. The zero-order valence-corrected chi connectivity index (χ0v) is 9.78. The molecular weight excluding hydrogens is 194 g/mol. The van der Waals surface area contributed by atoms with E-state index >= 15 is 0 Å². The van der Waals surface area contributed by atoms with Crippen LogP contribution < -0.4 is 0 Å². The zero-order valence-electron chi connectivity index (χ0n) is 9.78. The molecule has 1 N–H and O–H groups in total. The third-order valence-corrected chi connectivity index (χ3v) is 1.94. The molecule has 0 saturated carbocycles. The Labute approximate surface area is 90.6 Å². The average Bonchev–Trinajstić information content (AvgIpc) is 2.08. The number of likely N-dealkylation sites (N-methyl/N-ethyl adjacent to an activating group) is 1. The number of aliphatic carboxylic acids is 1. The highest BCUT2D eigenvalue weighted by Crippen LogP contribution is 2.18. The van der Waals surface area contributed by atoms with E-state index in [-0.39, 0.29) is 11.3 Å². The van der Waals surface area contributed by atoms with E-state index in [0.29, 0.717) is 6.54 Å². The van der Waals surface area contributed by atoms with Crippen LogP contribution in [0, 0.1) is 5.41 Å². The molecule has 1 amide bonds. The average molecular weight is 213 g/mol. The molecule has 0 aromatic heterocycles.